The Bertz CT molecular complexity index is 1150. The zero-order chi connectivity index (χ0) is 22.7. The van der Waals surface area contributed by atoms with Crippen molar-refractivity contribution in [2.24, 2.45) is 5.92 Å². The fraction of sp³-hybridized carbons (Fsp3) is 0.400. The molecule has 1 saturated heterocycles. The van der Waals surface area contributed by atoms with Gasteiger partial charge >= 0.3 is 6.18 Å². The number of pyridine rings is 1. The van der Waals surface area contributed by atoms with E-state index >= 15 is 0 Å². The van der Waals surface area contributed by atoms with Gasteiger partial charge in [-0.15, -0.1) is 0 Å². The van der Waals surface area contributed by atoms with Crippen LogP contribution in [0.4, 0.5) is 22.0 Å². The molecule has 0 aliphatic carbocycles. The summed E-state index contributed by atoms with van der Waals surface area (Å²) in [4.78, 5) is 11.4. The fourth-order valence-corrected chi connectivity index (χ4v) is 4.37. The Morgan fingerprint density at radius 2 is 1.87 bits per heavy atom. The SMILES string of the molecule is COc1c(C2C(C)[C@](C)(C(F)(F)F)O[C@H]2c2nc3nc(Br)ccc3[nH]2)ccc(F)c1F. The maximum atomic E-state index is 14.4. The van der Waals surface area contributed by atoms with E-state index in [0.29, 0.717) is 10.1 Å². The lowest BCUT2D eigenvalue weighted by Crippen LogP contribution is -2.46. The van der Waals surface area contributed by atoms with Crippen molar-refractivity contribution in [1.82, 2.24) is 15.0 Å². The van der Waals surface area contributed by atoms with Crippen molar-refractivity contribution in [1.29, 1.82) is 0 Å². The van der Waals surface area contributed by atoms with Gasteiger partial charge in [0.1, 0.15) is 16.5 Å². The number of ether oxygens (including phenoxy) is 2. The predicted octanol–water partition coefficient (Wildman–Crippen LogP) is 5.82. The summed E-state index contributed by atoms with van der Waals surface area (Å²) in [7, 11) is 1.13. The van der Waals surface area contributed by atoms with Crippen molar-refractivity contribution in [3.8, 4) is 5.75 Å². The molecule has 3 heterocycles. The van der Waals surface area contributed by atoms with Crippen LogP contribution in [0, 0.1) is 17.6 Å². The van der Waals surface area contributed by atoms with Crippen LogP contribution in [0.1, 0.15) is 37.3 Å². The van der Waals surface area contributed by atoms with Gasteiger partial charge in [-0.3, -0.25) is 0 Å². The zero-order valence-electron chi connectivity index (χ0n) is 16.5. The topological polar surface area (TPSA) is 60.0 Å². The number of aromatic nitrogens is 3. The Morgan fingerprint density at radius 3 is 2.52 bits per heavy atom. The number of nitrogens with zero attached hydrogens (tertiary/aromatic N) is 2. The van der Waals surface area contributed by atoms with Crippen molar-refractivity contribution >= 4 is 27.1 Å². The first kappa shape index (κ1) is 21.9. The third-order valence-electron chi connectivity index (χ3n) is 5.91. The van der Waals surface area contributed by atoms with Crippen LogP contribution >= 0.6 is 15.9 Å². The van der Waals surface area contributed by atoms with Gasteiger partial charge < -0.3 is 14.5 Å². The average Bonchev–Trinajstić information content (AvgIpc) is 3.23. The van der Waals surface area contributed by atoms with Gasteiger partial charge in [0.15, 0.2) is 22.8 Å². The number of imidazole rings is 1. The third kappa shape index (κ3) is 3.38. The summed E-state index contributed by atoms with van der Waals surface area (Å²) in [6.45, 7) is 2.30. The number of halogens is 6. The number of alkyl halides is 3. The summed E-state index contributed by atoms with van der Waals surface area (Å²) in [6.07, 6.45) is -5.97. The minimum Gasteiger partial charge on any atom is -0.493 e. The Balaban J connectivity index is 1.92. The molecular weight excluding hydrogens is 489 g/mol. The summed E-state index contributed by atoms with van der Waals surface area (Å²) in [5.41, 5.74) is -1.74. The normalized spacial score (nSPS) is 26.5. The van der Waals surface area contributed by atoms with Crippen LogP contribution in [-0.4, -0.2) is 33.8 Å². The molecule has 1 N–H and O–H groups in total. The summed E-state index contributed by atoms with van der Waals surface area (Å²) >= 11 is 3.22. The minimum atomic E-state index is -4.72. The number of H-pyrrole nitrogens is 1. The molecule has 0 bridgehead atoms. The number of fused-ring (bicyclic) bond motifs is 1. The van der Waals surface area contributed by atoms with Crippen molar-refractivity contribution in [2.75, 3.05) is 7.11 Å². The molecule has 31 heavy (non-hydrogen) atoms. The number of aromatic amines is 1. The van der Waals surface area contributed by atoms with E-state index in [0.717, 1.165) is 20.1 Å². The smallest absolute Gasteiger partial charge is 0.417 e. The van der Waals surface area contributed by atoms with Gasteiger partial charge in [0.2, 0.25) is 5.82 Å². The van der Waals surface area contributed by atoms with E-state index in [2.05, 4.69) is 30.9 Å². The lowest BCUT2D eigenvalue weighted by atomic mass is 9.77. The second-order valence-corrected chi connectivity index (χ2v) is 8.38. The molecule has 0 saturated carbocycles. The molecule has 1 aliphatic heterocycles. The molecule has 2 aromatic heterocycles. The largest absolute Gasteiger partial charge is 0.493 e. The van der Waals surface area contributed by atoms with Crippen molar-refractivity contribution in [3.63, 3.8) is 0 Å². The molecule has 166 valence electrons. The van der Waals surface area contributed by atoms with Crippen molar-refractivity contribution in [2.45, 2.75) is 37.6 Å². The van der Waals surface area contributed by atoms with Gasteiger partial charge in [-0.05, 0) is 41.1 Å². The van der Waals surface area contributed by atoms with Crippen LogP contribution in [0.15, 0.2) is 28.9 Å². The maximum absolute atomic E-state index is 14.4. The summed E-state index contributed by atoms with van der Waals surface area (Å²) in [5, 5.41) is 0. The maximum Gasteiger partial charge on any atom is 0.417 e. The Morgan fingerprint density at radius 1 is 1.16 bits per heavy atom. The van der Waals surface area contributed by atoms with Gasteiger partial charge in [-0.1, -0.05) is 13.0 Å². The first-order valence-corrected chi connectivity index (χ1v) is 10.1. The predicted molar refractivity (Wildman–Crippen MR) is 105 cm³/mol. The number of rotatable bonds is 3. The second-order valence-electron chi connectivity index (χ2n) is 7.57. The second kappa shape index (κ2) is 7.40. The van der Waals surface area contributed by atoms with Crippen LogP contribution in [0.25, 0.3) is 11.2 Å². The molecule has 1 aliphatic rings. The fourth-order valence-electron chi connectivity index (χ4n) is 4.07. The quantitative estimate of drug-likeness (QED) is 0.360. The molecule has 0 amide bonds. The molecule has 2 unspecified atom stereocenters. The summed E-state index contributed by atoms with van der Waals surface area (Å²) in [6, 6.07) is 5.39. The van der Waals surface area contributed by atoms with Gasteiger partial charge in [-0.2, -0.15) is 17.6 Å². The van der Waals surface area contributed by atoms with E-state index in [-0.39, 0.29) is 17.0 Å². The highest BCUT2D eigenvalue weighted by molar-refractivity contribution is 9.10. The van der Waals surface area contributed by atoms with Crippen molar-refractivity contribution in [3.05, 3.63) is 51.9 Å². The van der Waals surface area contributed by atoms with Crippen molar-refractivity contribution < 1.29 is 31.4 Å². The molecule has 1 aromatic carbocycles. The molecule has 4 atom stereocenters. The minimum absolute atomic E-state index is 0.0569. The van der Waals surface area contributed by atoms with Gasteiger partial charge in [0, 0.05) is 17.4 Å². The van der Waals surface area contributed by atoms with E-state index in [9.17, 15) is 22.0 Å². The standard InChI is InChI=1S/C20H17BrF5N3O2/c1-8-13(9-4-5-10(22)14(23)15(9)30-3)16(31-19(8,2)20(24,25)26)18-27-11-6-7-12(21)28-17(11)29-18/h4-8,13,16H,1-3H3,(H,27,28,29)/t8?,13?,16-,19-/m1/s1. The number of hydrogen-bond acceptors (Lipinski definition) is 4. The zero-order valence-corrected chi connectivity index (χ0v) is 18.1. The Kier molecular flexibility index (Phi) is 5.24. The Hall–Kier alpha value is -2.27. The van der Waals surface area contributed by atoms with E-state index in [1.165, 1.54) is 13.0 Å². The van der Waals surface area contributed by atoms with Crippen LogP contribution in [0.2, 0.25) is 0 Å². The molecule has 5 nitrogen and oxygen atoms in total. The number of nitrogens with one attached hydrogen (secondary N) is 1. The highest BCUT2D eigenvalue weighted by atomic mass is 79.9. The highest BCUT2D eigenvalue weighted by Crippen LogP contribution is 2.59. The van der Waals surface area contributed by atoms with Crippen LogP contribution in [0.5, 0.6) is 5.75 Å². The van der Waals surface area contributed by atoms with E-state index in [1.807, 2.05) is 0 Å². The molecule has 4 rings (SSSR count). The molecule has 11 heteroatoms. The highest BCUT2D eigenvalue weighted by Gasteiger charge is 2.65. The first-order chi connectivity index (χ1) is 14.5. The molecule has 0 spiro atoms. The number of hydrogen-bond donors (Lipinski definition) is 1. The monoisotopic (exact) mass is 505 g/mol. The van der Waals surface area contributed by atoms with Gasteiger partial charge in [-0.25, -0.2) is 14.4 Å². The van der Waals surface area contributed by atoms with Crippen LogP contribution in [0.3, 0.4) is 0 Å². The third-order valence-corrected chi connectivity index (χ3v) is 6.35. The van der Waals surface area contributed by atoms with Gasteiger partial charge in [0.25, 0.3) is 0 Å². The number of benzene rings is 1. The van der Waals surface area contributed by atoms with Crippen LogP contribution in [-0.2, 0) is 4.74 Å². The van der Waals surface area contributed by atoms with Gasteiger partial charge in [0.05, 0.1) is 12.6 Å². The van der Waals surface area contributed by atoms with E-state index in [1.54, 1.807) is 12.1 Å². The first-order valence-electron chi connectivity index (χ1n) is 9.26. The molecule has 0 radical (unpaired) electrons. The van der Waals surface area contributed by atoms with E-state index < -0.39 is 47.1 Å². The molecule has 3 aromatic rings. The lowest BCUT2D eigenvalue weighted by molar-refractivity contribution is -0.275. The summed E-state index contributed by atoms with van der Waals surface area (Å²) in [5.74, 6) is -5.03. The molecule has 1 fully saturated rings. The van der Waals surface area contributed by atoms with E-state index in [4.69, 9.17) is 9.47 Å². The molecular formula is C20H17BrF5N3O2. The van der Waals surface area contributed by atoms with Crippen LogP contribution < -0.4 is 4.74 Å². The Labute approximate surface area is 182 Å². The summed E-state index contributed by atoms with van der Waals surface area (Å²) < 4.78 is 81.3. The number of methoxy groups -OCH3 is 1. The lowest BCUT2D eigenvalue weighted by Gasteiger charge is -2.32. The average molecular weight is 506 g/mol.